The zero-order valence-electron chi connectivity index (χ0n) is 11.2. The van der Waals surface area contributed by atoms with Gasteiger partial charge in [-0.15, -0.1) is 0 Å². The van der Waals surface area contributed by atoms with Gasteiger partial charge in [-0.2, -0.15) is 0 Å². The molecule has 0 aliphatic carbocycles. The van der Waals surface area contributed by atoms with E-state index < -0.39 is 0 Å². The summed E-state index contributed by atoms with van der Waals surface area (Å²) in [7, 11) is 0. The molecule has 1 aliphatic heterocycles. The van der Waals surface area contributed by atoms with Gasteiger partial charge in [0.2, 0.25) is 0 Å². The van der Waals surface area contributed by atoms with E-state index in [1.807, 2.05) is 13.1 Å². The van der Waals surface area contributed by atoms with Gasteiger partial charge in [-0.25, -0.2) is 4.98 Å². The number of imidazole rings is 1. The number of rotatable bonds is 4. The molecule has 1 aliphatic rings. The number of benzene rings is 1. The van der Waals surface area contributed by atoms with Crippen molar-refractivity contribution in [1.29, 1.82) is 0 Å². The smallest absolute Gasteiger partial charge is 0.122 e. The summed E-state index contributed by atoms with van der Waals surface area (Å²) in [5, 5.41) is 0. The minimum absolute atomic E-state index is 0.541. The number of nitrogens with zero attached hydrogens (tertiary/aromatic N) is 2. The monoisotopic (exact) mass is 257 g/mol. The zero-order valence-corrected chi connectivity index (χ0v) is 11.2. The predicted molar refractivity (Wildman–Crippen MR) is 74.2 cm³/mol. The predicted octanol–water partition coefficient (Wildman–Crippen LogP) is 1.83. The van der Waals surface area contributed by atoms with Crippen LogP contribution < -0.4 is 10.5 Å². The highest BCUT2D eigenvalue weighted by molar-refractivity contribution is 5.39. The minimum Gasteiger partial charge on any atom is -0.493 e. The summed E-state index contributed by atoms with van der Waals surface area (Å²) in [6.07, 6.45) is 3.89. The number of fused-ring (bicyclic) bond motifs is 1. The molecular formula is C15H19N3O. The van der Waals surface area contributed by atoms with Gasteiger partial charge in [0.1, 0.15) is 11.6 Å². The lowest BCUT2D eigenvalue weighted by Crippen LogP contribution is -2.10. The summed E-state index contributed by atoms with van der Waals surface area (Å²) in [5.41, 5.74) is 9.51. The van der Waals surface area contributed by atoms with Gasteiger partial charge in [-0.3, -0.25) is 0 Å². The Morgan fingerprint density at radius 2 is 2.32 bits per heavy atom. The van der Waals surface area contributed by atoms with Crippen molar-refractivity contribution in [3.8, 4) is 5.75 Å². The van der Waals surface area contributed by atoms with E-state index in [0.29, 0.717) is 6.54 Å². The molecule has 0 fully saturated rings. The molecule has 0 unspecified atom stereocenters. The third-order valence-corrected chi connectivity index (χ3v) is 3.72. The Hall–Kier alpha value is -1.81. The van der Waals surface area contributed by atoms with Gasteiger partial charge in [0.15, 0.2) is 0 Å². The van der Waals surface area contributed by atoms with Crippen LogP contribution in [0, 0.1) is 6.92 Å². The van der Waals surface area contributed by atoms with E-state index >= 15 is 0 Å². The van der Waals surface area contributed by atoms with Crippen molar-refractivity contribution in [3.63, 3.8) is 0 Å². The molecule has 0 saturated heterocycles. The number of hydrogen-bond acceptors (Lipinski definition) is 3. The summed E-state index contributed by atoms with van der Waals surface area (Å²) >= 11 is 0. The first-order valence-electron chi connectivity index (χ1n) is 6.73. The molecule has 1 aromatic carbocycles. The van der Waals surface area contributed by atoms with Crippen LogP contribution >= 0.6 is 0 Å². The van der Waals surface area contributed by atoms with Crippen LogP contribution in [0.2, 0.25) is 0 Å². The van der Waals surface area contributed by atoms with Gasteiger partial charge >= 0.3 is 0 Å². The molecule has 2 aromatic rings. The van der Waals surface area contributed by atoms with Crippen LogP contribution in [0.4, 0.5) is 0 Å². The van der Waals surface area contributed by atoms with Gasteiger partial charge in [0.05, 0.1) is 12.3 Å². The fourth-order valence-corrected chi connectivity index (χ4v) is 2.62. The van der Waals surface area contributed by atoms with Crippen molar-refractivity contribution >= 4 is 0 Å². The van der Waals surface area contributed by atoms with Crippen molar-refractivity contribution in [2.24, 2.45) is 5.73 Å². The van der Waals surface area contributed by atoms with E-state index in [-0.39, 0.29) is 0 Å². The maximum absolute atomic E-state index is 5.73. The topological polar surface area (TPSA) is 53.1 Å². The number of nitrogens with two attached hydrogens (primary N) is 1. The third kappa shape index (κ3) is 2.36. The Balaban J connectivity index is 1.74. The van der Waals surface area contributed by atoms with E-state index in [1.54, 1.807) is 0 Å². The first kappa shape index (κ1) is 12.2. The Labute approximate surface area is 113 Å². The molecule has 100 valence electrons. The lowest BCUT2D eigenvalue weighted by molar-refractivity contribution is 0.357. The molecule has 4 nitrogen and oxygen atoms in total. The molecule has 0 saturated carbocycles. The molecule has 0 atom stereocenters. The normalized spacial score (nSPS) is 13.4. The Bertz CT molecular complexity index is 589. The molecule has 2 heterocycles. The molecule has 0 amide bonds. The second kappa shape index (κ2) is 5.05. The Kier molecular flexibility index (Phi) is 3.25. The Morgan fingerprint density at radius 1 is 1.42 bits per heavy atom. The summed E-state index contributed by atoms with van der Waals surface area (Å²) < 4.78 is 7.73. The molecule has 3 rings (SSSR count). The van der Waals surface area contributed by atoms with Crippen molar-refractivity contribution in [2.75, 3.05) is 6.61 Å². The van der Waals surface area contributed by atoms with Crippen LogP contribution in [0.25, 0.3) is 0 Å². The average Bonchev–Trinajstić information content (AvgIpc) is 3.02. The second-order valence-electron chi connectivity index (χ2n) is 4.94. The highest BCUT2D eigenvalue weighted by Gasteiger charge is 2.12. The first-order valence-corrected chi connectivity index (χ1v) is 6.73. The van der Waals surface area contributed by atoms with Crippen molar-refractivity contribution in [3.05, 3.63) is 47.0 Å². The highest BCUT2D eigenvalue weighted by atomic mass is 16.5. The molecule has 4 heteroatoms. The van der Waals surface area contributed by atoms with Crippen molar-refractivity contribution in [2.45, 2.75) is 32.9 Å². The van der Waals surface area contributed by atoms with E-state index in [9.17, 15) is 0 Å². The van der Waals surface area contributed by atoms with E-state index in [4.69, 9.17) is 10.5 Å². The van der Waals surface area contributed by atoms with E-state index in [2.05, 4.69) is 27.8 Å². The molecule has 1 aromatic heterocycles. The summed E-state index contributed by atoms with van der Waals surface area (Å²) in [5.74, 6) is 2.08. The summed E-state index contributed by atoms with van der Waals surface area (Å²) in [6.45, 7) is 4.31. The maximum Gasteiger partial charge on any atom is 0.122 e. The van der Waals surface area contributed by atoms with Gasteiger partial charge in [-0.05, 0) is 30.5 Å². The minimum atomic E-state index is 0.541. The van der Waals surface area contributed by atoms with Gasteiger partial charge in [-0.1, -0.05) is 12.1 Å². The quantitative estimate of drug-likeness (QED) is 0.909. The lowest BCUT2D eigenvalue weighted by Gasteiger charge is -2.10. The molecule has 0 bridgehead atoms. The van der Waals surface area contributed by atoms with E-state index in [0.717, 1.165) is 43.3 Å². The molecule has 19 heavy (non-hydrogen) atoms. The standard InChI is InChI=1S/C15H19N3O/c1-11-17-10-14(9-16)18(11)6-4-12-2-3-15-13(8-12)5-7-19-15/h2-3,8,10H,4-7,9,16H2,1H3. The maximum atomic E-state index is 5.73. The lowest BCUT2D eigenvalue weighted by atomic mass is 10.1. The van der Waals surface area contributed by atoms with Gasteiger partial charge in [0, 0.05) is 25.7 Å². The van der Waals surface area contributed by atoms with Crippen LogP contribution in [0.15, 0.2) is 24.4 Å². The van der Waals surface area contributed by atoms with Crippen LogP contribution in [-0.2, 0) is 25.9 Å². The number of aryl methyl sites for hydroxylation is 2. The summed E-state index contributed by atoms with van der Waals surface area (Å²) in [6, 6.07) is 6.50. The van der Waals surface area contributed by atoms with Crippen LogP contribution in [0.1, 0.15) is 22.6 Å². The van der Waals surface area contributed by atoms with Crippen LogP contribution in [-0.4, -0.2) is 16.2 Å². The average molecular weight is 257 g/mol. The zero-order chi connectivity index (χ0) is 13.2. The van der Waals surface area contributed by atoms with Gasteiger partial charge in [0.25, 0.3) is 0 Å². The molecular weight excluding hydrogens is 238 g/mol. The van der Waals surface area contributed by atoms with Crippen molar-refractivity contribution < 1.29 is 4.74 Å². The first-order chi connectivity index (χ1) is 9.28. The molecule has 0 radical (unpaired) electrons. The molecule has 0 spiro atoms. The fourth-order valence-electron chi connectivity index (χ4n) is 2.62. The van der Waals surface area contributed by atoms with Crippen molar-refractivity contribution in [1.82, 2.24) is 9.55 Å². The molecule has 2 N–H and O–H groups in total. The van der Waals surface area contributed by atoms with Crippen LogP contribution in [0.3, 0.4) is 0 Å². The SMILES string of the molecule is Cc1ncc(CN)n1CCc1ccc2c(c1)CCO2. The Morgan fingerprint density at radius 3 is 3.16 bits per heavy atom. The number of hydrogen-bond donors (Lipinski definition) is 1. The highest BCUT2D eigenvalue weighted by Crippen LogP contribution is 2.26. The van der Waals surface area contributed by atoms with Gasteiger partial charge < -0.3 is 15.0 Å². The number of aromatic nitrogens is 2. The second-order valence-corrected chi connectivity index (χ2v) is 4.94. The largest absolute Gasteiger partial charge is 0.493 e. The van der Waals surface area contributed by atoms with Crippen LogP contribution in [0.5, 0.6) is 5.75 Å². The summed E-state index contributed by atoms with van der Waals surface area (Å²) in [4.78, 5) is 4.32. The fraction of sp³-hybridized carbons (Fsp3) is 0.400. The number of ether oxygens (including phenoxy) is 1. The van der Waals surface area contributed by atoms with E-state index in [1.165, 1.54) is 11.1 Å². The third-order valence-electron chi connectivity index (χ3n) is 3.72.